The van der Waals surface area contributed by atoms with Gasteiger partial charge < -0.3 is 19.3 Å². The molecule has 2 fully saturated rings. The third-order valence-corrected chi connectivity index (χ3v) is 8.03. The average molecular weight is 451 g/mol. The highest BCUT2D eigenvalue weighted by Gasteiger charge is 2.59. The lowest BCUT2D eigenvalue weighted by Gasteiger charge is -2.58. The number of hydrogen-bond donors (Lipinski definition) is 1. The first-order valence-electron chi connectivity index (χ1n) is 11.7. The van der Waals surface area contributed by atoms with Crippen molar-refractivity contribution in [2.45, 2.75) is 105 Å². The average Bonchev–Trinajstić information content (AvgIpc) is 2.59. The van der Waals surface area contributed by atoms with Crippen LogP contribution in [0.4, 0.5) is 0 Å². The van der Waals surface area contributed by atoms with E-state index in [1.54, 1.807) is 0 Å². The largest absolute Gasteiger partial charge is 0.463 e. The standard InChI is InChI=1S/C25H38O7/c1-13-10-19(29)22-23(32-16(4)28)18-11-17(30-14(2)26)8-9-25(18,7)12-20(31-15(3)27)21(13)24(22,5)6/h17-20,22-23,29H,8-12H2,1-7H3. The summed E-state index contributed by atoms with van der Waals surface area (Å²) in [5.41, 5.74) is 1.18. The molecule has 3 rings (SSSR count). The second-order valence-electron chi connectivity index (χ2n) is 10.9. The van der Waals surface area contributed by atoms with Crippen LogP contribution in [-0.4, -0.2) is 47.4 Å². The number of aliphatic hydroxyl groups excluding tert-OH is 1. The molecule has 2 bridgehead atoms. The number of fused-ring (bicyclic) bond motifs is 3. The van der Waals surface area contributed by atoms with E-state index in [9.17, 15) is 19.5 Å². The van der Waals surface area contributed by atoms with Crippen molar-refractivity contribution in [1.82, 2.24) is 0 Å². The summed E-state index contributed by atoms with van der Waals surface area (Å²) in [4.78, 5) is 36.0. The molecule has 0 aliphatic heterocycles. The van der Waals surface area contributed by atoms with Crippen LogP contribution >= 0.6 is 0 Å². The van der Waals surface area contributed by atoms with Crippen molar-refractivity contribution in [3.05, 3.63) is 11.1 Å². The van der Waals surface area contributed by atoms with E-state index in [4.69, 9.17) is 14.2 Å². The topological polar surface area (TPSA) is 99.1 Å². The maximum atomic E-state index is 12.2. The van der Waals surface area contributed by atoms with Crippen molar-refractivity contribution < 1.29 is 33.7 Å². The van der Waals surface area contributed by atoms with Gasteiger partial charge in [-0.05, 0) is 55.4 Å². The maximum absolute atomic E-state index is 12.2. The zero-order valence-electron chi connectivity index (χ0n) is 20.4. The Bertz CT molecular complexity index is 813. The molecule has 7 heteroatoms. The van der Waals surface area contributed by atoms with E-state index >= 15 is 0 Å². The predicted octanol–water partition coefficient (Wildman–Crippen LogP) is 3.72. The van der Waals surface area contributed by atoms with E-state index < -0.39 is 23.7 Å². The SMILES string of the molecule is CC(=O)OC1CCC2(C)CC(OC(C)=O)C3=C(C)CC(O)C(C(OC(C)=O)C2C1)C3(C)C. The van der Waals surface area contributed by atoms with Gasteiger partial charge in [0.15, 0.2) is 0 Å². The molecule has 7 atom stereocenters. The Morgan fingerprint density at radius 2 is 1.56 bits per heavy atom. The molecule has 2 saturated carbocycles. The van der Waals surface area contributed by atoms with Gasteiger partial charge in [-0.15, -0.1) is 0 Å². The van der Waals surface area contributed by atoms with Gasteiger partial charge in [-0.25, -0.2) is 0 Å². The van der Waals surface area contributed by atoms with Crippen molar-refractivity contribution in [2.75, 3.05) is 0 Å². The normalized spacial score (nSPS) is 38.6. The van der Waals surface area contributed by atoms with Gasteiger partial charge in [-0.3, -0.25) is 14.4 Å². The molecule has 0 spiro atoms. The van der Waals surface area contributed by atoms with Gasteiger partial charge >= 0.3 is 17.9 Å². The van der Waals surface area contributed by atoms with Crippen LogP contribution in [0.1, 0.15) is 80.6 Å². The van der Waals surface area contributed by atoms with Crippen molar-refractivity contribution >= 4 is 17.9 Å². The Morgan fingerprint density at radius 3 is 2.12 bits per heavy atom. The van der Waals surface area contributed by atoms with E-state index in [1.165, 1.54) is 20.8 Å². The number of ether oxygens (including phenoxy) is 3. The van der Waals surface area contributed by atoms with Crippen LogP contribution in [-0.2, 0) is 28.6 Å². The minimum atomic E-state index is -0.701. The summed E-state index contributed by atoms with van der Waals surface area (Å²) in [6, 6.07) is 0. The zero-order chi connectivity index (χ0) is 24.0. The first-order chi connectivity index (χ1) is 14.8. The van der Waals surface area contributed by atoms with E-state index in [2.05, 4.69) is 6.92 Å². The van der Waals surface area contributed by atoms with Crippen LogP contribution in [0.15, 0.2) is 11.1 Å². The fourth-order valence-electron chi connectivity index (χ4n) is 6.99. The molecule has 0 aromatic carbocycles. The first-order valence-corrected chi connectivity index (χ1v) is 11.7. The lowest BCUT2D eigenvalue weighted by molar-refractivity contribution is -0.188. The highest BCUT2D eigenvalue weighted by molar-refractivity contribution is 5.67. The van der Waals surface area contributed by atoms with Crippen LogP contribution in [0.2, 0.25) is 0 Å². The Balaban J connectivity index is 2.17. The number of carbonyl (C=O) groups excluding carboxylic acids is 3. The van der Waals surface area contributed by atoms with Gasteiger partial charge in [0, 0.05) is 32.6 Å². The van der Waals surface area contributed by atoms with Crippen molar-refractivity contribution in [2.24, 2.45) is 22.7 Å². The quantitative estimate of drug-likeness (QED) is 0.397. The molecule has 0 amide bonds. The monoisotopic (exact) mass is 450 g/mol. The van der Waals surface area contributed by atoms with Gasteiger partial charge in [0.05, 0.1) is 6.10 Å². The Labute approximate surface area is 190 Å². The van der Waals surface area contributed by atoms with E-state index in [0.717, 1.165) is 17.6 Å². The zero-order valence-corrected chi connectivity index (χ0v) is 20.4. The lowest BCUT2D eigenvalue weighted by atomic mass is 9.50. The molecule has 0 radical (unpaired) electrons. The summed E-state index contributed by atoms with van der Waals surface area (Å²) >= 11 is 0. The molecular formula is C25H38O7. The fourth-order valence-corrected chi connectivity index (χ4v) is 6.99. The smallest absolute Gasteiger partial charge is 0.303 e. The second kappa shape index (κ2) is 8.81. The number of carbonyl (C=O) groups is 3. The molecule has 7 unspecified atom stereocenters. The van der Waals surface area contributed by atoms with Crippen LogP contribution in [0, 0.1) is 22.7 Å². The molecule has 7 nitrogen and oxygen atoms in total. The fraction of sp³-hybridized carbons (Fsp3) is 0.800. The molecule has 3 aliphatic carbocycles. The number of esters is 3. The molecule has 0 aromatic heterocycles. The van der Waals surface area contributed by atoms with Gasteiger partial charge in [-0.2, -0.15) is 0 Å². The number of aliphatic hydroxyl groups is 1. The van der Waals surface area contributed by atoms with Crippen molar-refractivity contribution in [3.8, 4) is 0 Å². The molecule has 3 aliphatic rings. The van der Waals surface area contributed by atoms with Gasteiger partial charge in [-0.1, -0.05) is 26.3 Å². The van der Waals surface area contributed by atoms with E-state index in [-0.39, 0.29) is 41.3 Å². The summed E-state index contributed by atoms with van der Waals surface area (Å²) < 4.78 is 17.5. The Hall–Kier alpha value is -1.89. The third-order valence-electron chi connectivity index (χ3n) is 8.03. The lowest BCUT2D eigenvalue weighted by Crippen LogP contribution is -2.59. The van der Waals surface area contributed by atoms with Crippen LogP contribution < -0.4 is 0 Å². The highest BCUT2D eigenvalue weighted by Crippen LogP contribution is 2.59. The Kier molecular flexibility index (Phi) is 6.81. The Morgan fingerprint density at radius 1 is 0.969 bits per heavy atom. The highest BCUT2D eigenvalue weighted by atomic mass is 16.6. The van der Waals surface area contributed by atoms with Crippen LogP contribution in [0.25, 0.3) is 0 Å². The molecule has 1 N–H and O–H groups in total. The summed E-state index contributed by atoms with van der Waals surface area (Å²) in [6.07, 6.45) is 1.09. The summed E-state index contributed by atoms with van der Waals surface area (Å²) in [6.45, 7) is 12.4. The minimum Gasteiger partial charge on any atom is -0.463 e. The number of hydrogen-bond acceptors (Lipinski definition) is 7. The van der Waals surface area contributed by atoms with E-state index in [1.807, 2.05) is 20.8 Å². The van der Waals surface area contributed by atoms with Gasteiger partial charge in [0.2, 0.25) is 0 Å². The third kappa shape index (κ3) is 4.59. The van der Waals surface area contributed by atoms with Crippen LogP contribution in [0.3, 0.4) is 0 Å². The summed E-state index contributed by atoms with van der Waals surface area (Å²) in [7, 11) is 0. The predicted molar refractivity (Wildman–Crippen MR) is 117 cm³/mol. The van der Waals surface area contributed by atoms with Crippen molar-refractivity contribution in [3.63, 3.8) is 0 Å². The van der Waals surface area contributed by atoms with Gasteiger partial charge in [0.1, 0.15) is 18.3 Å². The minimum absolute atomic E-state index is 0.151. The van der Waals surface area contributed by atoms with E-state index in [0.29, 0.717) is 25.7 Å². The van der Waals surface area contributed by atoms with Crippen LogP contribution in [0.5, 0.6) is 0 Å². The molecule has 180 valence electrons. The van der Waals surface area contributed by atoms with Crippen molar-refractivity contribution in [1.29, 1.82) is 0 Å². The summed E-state index contributed by atoms with van der Waals surface area (Å²) in [5.74, 6) is -1.57. The molecule has 32 heavy (non-hydrogen) atoms. The molecule has 0 saturated heterocycles. The first kappa shape index (κ1) is 24.7. The van der Waals surface area contributed by atoms with Gasteiger partial charge in [0.25, 0.3) is 0 Å². The molecular weight excluding hydrogens is 412 g/mol. The summed E-state index contributed by atoms with van der Waals surface area (Å²) in [5, 5.41) is 11.3. The molecule has 0 aromatic rings. The number of rotatable bonds is 3. The second-order valence-corrected chi connectivity index (χ2v) is 10.9. The molecule has 0 heterocycles. The maximum Gasteiger partial charge on any atom is 0.303 e.